The van der Waals surface area contributed by atoms with E-state index in [0.29, 0.717) is 6.54 Å². The number of nitrogens with one attached hydrogen (secondary N) is 2. The van der Waals surface area contributed by atoms with E-state index in [4.69, 9.17) is 0 Å². The summed E-state index contributed by atoms with van der Waals surface area (Å²) in [5, 5.41) is 6.57. The minimum absolute atomic E-state index is 0.626. The van der Waals surface area contributed by atoms with Crippen molar-refractivity contribution in [2.75, 3.05) is 10.6 Å². The van der Waals surface area contributed by atoms with Crippen LogP contribution in [0, 0.1) is 13.8 Å². The Bertz CT molecular complexity index is 766. The first-order chi connectivity index (χ1) is 11.2. The fourth-order valence-corrected chi connectivity index (χ4v) is 2.40. The molecule has 1 aromatic carbocycles. The highest BCUT2D eigenvalue weighted by Gasteiger charge is 2.01. The van der Waals surface area contributed by atoms with Gasteiger partial charge >= 0.3 is 0 Å². The monoisotopic (exact) mass is 305 g/mol. The fourth-order valence-electron chi connectivity index (χ4n) is 2.40. The Morgan fingerprint density at radius 2 is 1.65 bits per heavy atom. The van der Waals surface area contributed by atoms with Gasteiger partial charge in [-0.1, -0.05) is 12.1 Å². The van der Waals surface area contributed by atoms with Crippen LogP contribution in [-0.2, 0) is 6.54 Å². The van der Waals surface area contributed by atoms with Crippen molar-refractivity contribution in [3.63, 3.8) is 0 Å². The van der Waals surface area contributed by atoms with E-state index < -0.39 is 0 Å². The van der Waals surface area contributed by atoms with Crippen molar-refractivity contribution in [3.8, 4) is 0 Å². The summed E-state index contributed by atoms with van der Waals surface area (Å²) < 4.78 is 0. The molecule has 0 spiro atoms. The van der Waals surface area contributed by atoms with Crippen molar-refractivity contribution >= 4 is 17.3 Å². The quantitative estimate of drug-likeness (QED) is 0.750. The molecular weight excluding hydrogens is 286 g/mol. The molecule has 0 aliphatic carbocycles. The van der Waals surface area contributed by atoms with Gasteiger partial charge in [-0.2, -0.15) is 0 Å². The lowest BCUT2D eigenvalue weighted by molar-refractivity contribution is 1.02. The maximum absolute atomic E-state index is 4.28. The summed E-state index contributed by atoms with van der Waals surface area (Å²) in [5.74, 6) is 1.52. The zero-order chi connectivity index (χ0) is 16.1. The van der Waals surface area contributed by atoms with Crippen LogP contribution in [0.2, 0.25) is 0 Å². The molecular formula is C18H19N5. The number of aromatic nitrogens is 3. The Kier molecular flexibility index (Phi) is 4.47. The fraction of sp³-hybridized carbons (Fsp3) is 0.167. The number of hydrogen-bond acceptors (Lipinski definition) is 5. The molecule has 23 heavy (non-hydrogen) atoms. The van der Waals surface area contributed by atoms with Crippen LogP contribution in [0.4, 0.5) is 17.3 Å². The van der Waals surface area contributed by atoms with Gasteiger partial charge in [0.1, 0.15) is 18.0 Å². The summed E-state index contributed by atoms with van der Waals surface area (Å²) in [4.78, 5) is 12.8. The average Bonchev–Trinajstić information content (AvgIpc) is 2.53. The van der Waals surface area contributed by atoms with Gasteiger partial charge in [-0.25, -0.2) is 9.97 Å². The van der Waals surface area contributed by atoms with Crippen LogP contribution < -0.4 is 10.6 Å². The van der Waals surface area contributed by atoms with Crippen LogP contribution in [0.1, 0.15) is 16.8 Å². The maximum Gasteiger partial charge on any atom is 0.135 e. The van der Waals surface area contributed by atoms with Gasteiger partial charge in [-0.3, -0.25) is 4.98 Å². The molecule has 3 aromatic rings. The Morgan fingerprint density at radius 1 is 0.870 bits per heavy atom. The summed E-state index contributed by atoms with van der Waals surface area (Å²) in [6.45, 7) is 4.79. The van der Waals surface area contributed by atoms with Crippen molar-refractivity contribution in [1.82, 2.24) is 15.0 Å². The first kappa shape index (κ1) is 15.0. The second-order valence-electron chi connectivity index (χ2n) is 5.46. The van der Waals surface area contributed by atoms with E-state index in [-0.39, 0.29) is 0 Å². The molecule has 2 aromatic heterocycles. The van der Waals surface area contributed by atoms with E-state index in [0.717, 1.165) is 23.0 Å². The predicted molar refractivity (Wildman–Crippen MR) is 92.8 cm³/mol. The Hall–Kier alpha value is -2.95. The minimum Gasteiger partial charge on any atom is -0.364 e. The Morgan fingerprint density at radius 3 is 2.39 bits per heavy atom. The summed E-state index contributed by atoms with van der Waals surface area (Å²) >= 11 is 0. The largest absolute Gasteiger partial charge is 0.364 e. The van der Waals surface area contributed by atoms with Crippen LogP contribution >= 0.6 is 0 Å². The molecule has 2 N–H and O–H groups in total. The van der Waals surface area contributed by atoms with Gasteiger partial charge in [-0.05, 0) is 49.2 Å². The Balaban J connectivity index is 1.69. The maximum atomic E-state index is 4.28. The SMILES string of the molecule is Cc1cc(C)cc(Nc2cc(NCc3ccccn3)ncn2)c1. The Labute approximate surface area is 135 Å². The van der Waals surface area contributed by atoms with E-state index in [1.54, 1.807) is 12.5 Å². The first-order valence-corrected chi connectivity index (χ1v) is 7.50. The second kappa shape index (κ2) is 6.87. The first-order valence-electron chi connectivity index (χ1n) is 7.50. The van der Waals surface area contributed by atoms with E-state index in [1.807, 2.05) is 24.3 Å². The molecule has 0 atom stereocenters. The number of aryl methyl sites for hydroxylation is 2. The number of anilines is 3. The van der Waals surface area contributed by atoms with Crippen molar-refractivity contribution in [1.29, 1.82) is 0 Å². The van der Waals surface area contributed by atoms with Crippen LogP contribution in [-0.4, -0.2) is 15.0 Å². The van der Waals surface area contributed by atoms with Crippen LogP contribution in [0.15, 0.2) is 55.0 Å². The molecule has 0 amide bonds. The van der Waals surface area contributed by atoms with Gasteiger partial charge in [0.05, 0.1) is 12.2 Å². The second-order valence-corrected chi connectivity index (χ2v) is 5.46. The van der Waals surface area contributed by atoms with Gasteiger partial charge in [0, 0.05) is 18.0 Å². The molecule has 5 heteroatoms. The van der Waals surface area contributed by atoms with Gasteiger partial charge in [0.25, 0.3) is 0 Å². The number of benzene rings is 1. The molecule has 116 valence electrons. The van der Waals surface area contributed by atoms with Crippen LogP contribution in [0.25, 0.3) is 0 Å². The molecule has 0 aliphatic rings. The molecule has 0 saturated heterocycles. The minimum atomic E-state index is 0.626. The lowest BCUT2D eigenvalue weighted by atomic mass is 10.1. The van der Waals surface area contributed by atoms with Crippen molar-refractivity contribution in [2.24, 2.45) is 0 Å². The molecule has 2 heterocycles. The number of rotatable bonds is 5. The lowest BCUT2D eigenvalue weighted by Gasteiger charge is -2.10. The topological polar surface area (TPSA) is 62.7 Å². The zero-order valence-corrected chi connectivity index (χ0v) is 13.2. The van der Waals surface area contributed by atoms with Crippen molar-refractivity contribution in [3.05, 3.63) is 71.8 Å². The standard InChI is InChI=1S/C18H19N5/c1-13-7-14(2)9-16(8-13)23-18-10-17(21-12-22-18)20-11-15-5-3-4-6-19-15/h3-10,12H,11H2,1-2H3,(H2,20,21,22,23). The van der Waals surface area contributed by atoms with Crippen molar-refractivity contribution < 1.29 is 0 Å². The number of hydrogen-bond donors (Lipinski definition) is 2. The van der Waals surface area contributed by atoms with Gasteiger partial charge in [0.2, 0.25) is 0 Å². The van der Waals surface area contributed by atoms with Gasteiger partial charge < -0.3 is 10.6 Å². The molecule has 0 saturated carbocycles. The third-order valence-corrected chi connectivity index (χ3v) is 3.34. The number of pyridine rings is 1. The molecule has 0 fully saturated rings. The van der Waals surface area contributed by atoms with E-state index in [2.05, 4.69) is 57.6 Å². The van der Waals surface area contributed by atoms with Crippen LogP contribution in [0.3, 0.4) is 0 Å². The molecule has 3 rings (SSSR count). The highest BCUT2D eigenvalue weighted by molar-refractivity contribution is 5.60. The number of nitrogens with zero attached hydrogens (tertiary/aromatic N) is 3. The van der Waals surface area contributed by atoms with Crippen molar-refractivity contribution in [2.45, 2.75) is 20.4 Å². The molecule has 0 aliphatic heterocycles. The summed E-state index contributed by atoms with van der Waals surface area (Å²) in [6, 6.07) is 14.1. The smallest absolute Gasteiger partial charge is 0.135 e. The van der Waals surface area contributed by atoms with Gasteiger partial charge in [-0.15, -0.1) is 0 Å². The van der Waals surface area contributed by atoms with Crippen LogP contribution in [0.5, 0.6) is 0 Å². The molecule has 0 radical (unpaired) electrons. The zero-order valence-electron chi connectivity index (χ0n) is 13.2. The third kappa shape index (κ3) is 4.26. The summed E-state index contributed by atoms with van der Waals surface area (Å²) in [5.41, 5.74) is 4.43. The highest BCUT2D eigenvalue weighted by Crippen LogP contribution is 2.19. The lowest BCUT2D eigenvalue weighted by Crippen LogP contribution is -2.04. The predicted octanol–water partition coefficient (Wildman–Crippen LogP) is 3.84. The third-order valence-electron chi connectivity index (χ3n) is 3.34. The van der Waals surface area contributed by atoms with E-state index in [1.165, 1.54) is 11.1 Å². The molecule has 5 nitrogen and oxygen atoms in total. The molecule has 0 unspecified atom stereocenters. The highest BCUT2D eigenvalue weighted by atomic mass is 15.1. The van der Waals surface area contributed by atoms with Gasteiger partial charge in [0.15, 0.2) is 0 Å². The molecule has 0 bridgehead atoms. The normalized spacial score (nSPS) is 10.3. The van der Waals surface area contributed by atoms with E-state index >= 15 is 0 Å². The summed E-state index contributed by atoms with van der Waals surface area (Å²) in [7, 11) is 0. The van der Waals surface area contributed by atoms with E-state index in [9.17, 15) is 0 Å². The average molecular weight is 305 g/mol. The summed E-state index contributed by atoms with van der Waals surface area (Å²) in [6.07, 6.45) is 3.33.